The van der Waals surface area contributed by atoms with E-state index in [2.05, 4.69) is 6.07 Å². The third-order valence-corrected chi connectivity index (χ3v) is 9.30. The van der Waals surface area contributed by atoms with E-state index < -0.39 is 18.3 Å². The Bertz CT molecular complexity index is 2250. The summed E-state index contributed by atoms with van der Waals surface area (Å²) in [5, 5.41) is 9.34. The lowest BCUT2D eigenvalue weighted by atomic mass is 9.73. The molecular formula is C40H31BN4O4. The number of para-hydroxylation sites is 2. The molecular weight excluding hydrogens is 611 g/mol. The predicted molar refractivity (Wildman–Crippen MR) is 189 cm³/mol. The monoisotopic (exact) mass is 642 g/mol. The standard InChI is InChI=1S/C40H31BN4O4/c1-39(2)40(3,4)49-41(48-39)31-22-29(18-20-30(31)28-19-21-34-35(23-28)47-33-13-9-8-12-32(33)46-34)38-44-36(26-10-6-5-7-11-26)43-37(45-38)27-16-14-25(24-42)15-17-27/h5-23H,1-4H3. The molecule has 3 heterocycles. The molecule has 0 saturated carbocycles. The number of nitriles is 1. The van der Waals surface area contributed by atoms with Crippen molar-refractivity contribution in [2.45, 2.75) is 38.9 Å². The van der Waals surface area contributed by atoms with Gasteiger partial charge in [0.05, 0.1) is 22.8 Å². The van der Waals surface area contributed by atoms with Crippen molar-refractivity contribution >= 4 is 12.6 Å². The van der Waals surface area contributed by atoms with Crippen LogP contribution in [-0.2, 0) is 9.31 Å². The van der Waals surface area contributed by atoms with Gasteiger partial charge in [0.1, 0.15) is 0 Å². The Labute approximate surface area is 285 Å². The van der Waals surface area contributed by atoms with E-state index in [1.807, 2.05) is 131 Å². The summed E-state index contributed by atoms with van der Waals surface area (Å²) >= 11 is 0. The van der Waals surface area contributed by atoms with Gasteiger partial charge in [-0.25, -0.2) is 15.0 Å². The van der Waals surface area contributed by atoms with E-state index in [9.17, 15) is 5.26 Å². The van der Waals surface area contributed by atoms with Gasteiger partial charge in [-0.1, -0.05) is 66.7 Å². The van der Waals surface area contributed by atoms with Gasteiger partial charge in [0.15, 0.2) is 40.5 Å². The lowest BCUT2D eigenvalue weighted by Gasteiger charge is -2.32. The number of fused-ring (bicyclic) bond motifs is 2. The van der Waals surface area contributed by atoms with Gasteiger partial charge >= 0.3 is 7.12 Å². The zero-order valence-corrected chi connectivity index (χ0v) is 27.5. The number of hydrogen-bond donors (Lipinski definition) is 0. The third-order valence-electron chi connectivity index (χ3n) is 9.30. The first-order chi connectivity index (χ1) is 23.7. The molecule has 0 radical (unpaired) electrons. The molecule has 1 fully saturated rings. The average Bonchev–Trinajstić information content (AvgIpc) is 3.36. The van der Waals surface area contributed by atoms with Crippen LogP contribution in [0.5, 0.6) is 23.0 Å². The molecule has 0 amide bonds. The highest BCUT2D eigenvalue weighted by atomic mass is 16.7. The van der Waals surface area contributed by atoms with Crippen LogP contribution in [0, 0.1) is 11.3 Å². The summed E-state index contributed by atoms with van der Waals surface area (Å²) in [5.41, 5.74) is 4.52. The maximum atomic E-state index is 9.34. The number of benzene rings is 5. The maximum Gasteiger partial charge on any atom is 0.495 e. The highest BCUT2D eigenvalue weighted by Crippen LogP contribution is 2.46. The van der Waals surface area contributed by atoms with Crippen molar-refractivity contribution in [3.05, 3.63) is 121 Å². The Balaban J connectivity index is 1.27. The molecule has 6 aromatic rings. The molecule has 238 valence electrons. The van der Waals surface area contributed by atoms with Gasteiger partial charge in [-0.15, -0.1) is 0 Å². The van der Waals surface area contributed by atoms with Gasteiger partial charge in [0.25, 0.3) is 0 Å². The van der Waals surface area contributed by atoms with Gasteiger partial charge < -0.3 is 18.8 Å². The quantitative estimate of drug-likeness (QED) is 0.172. The lowest BCUT2D eigenvalue weighted by molar-refractivity contribution is 0.00578. The van der Waals surface area contributed by atoms with E-state index in [1.165, 1.54) is 0 Å². The lowest BCUT2D eigenvalue weighted by Crippen LogP contribution is -2.41. The van der Waals surface area contributed by atoms with Crippen LogP contribution in [0.15, 0.2) is 115 Å². The second-order valence-electron chi connectivity index (χ2n) is 13.1. The number of aromatic nitrogens is 3. The maximum absolute atomic E-state index is 9.34. The first kappa shape index (κ1) is 30.5. The van der Waals surface area contributed by atoms with Crippen LogP contribution in [0.1, 0.15) is 33.3 Å². The highest BCUT2D eigenvalue weighted by molar-refractivity contribution is 6.64. The van der Waals surface area contributed by atoms with Crippen LogP contribution in [0.2, 0.25) is 0 Å². The van der Waals surface area contributed by atoms with Crippen molar-refractivity contribution in [3.63, 3.8) is 0 Å². The summed E-state index contributed by atoms with van der Waals surface area (Å²) < 4.78 is 25.6. The molecule has 9 heteroatoms. The van der Waals surface area contributed by atoms with Gasteiger partial charge in [-0.05, 0) is 92.8 Å². The van der Waals surface area contributed by atoms with E-state index in [4.69, 9.17) is 33.7 Å². The summed E-state index contributed by atoms with van der Waals surface area (Å²) in [4.78, 5) is 14.7. The fourth-order valence-electron chi connectivity index (χ4n) is 5.87. The van der Waals surface area contributed by atoms with E-state index in [-0.39, 0.29) is 0 Å². The zero-order valence-electron chi connectivity index (χ0n) is 27.5. The molecule has 0 unspecified atom stereocenters. The van der Waals surface area contributed by atoms with Crippen molar-refractivity contribution < 1.29 is 18.8 Å². The van der Waals surface area contributed by atoms with E-state index in [0.717, 1.165) is 33.3 Å². The molecule has 0 N–H and O–H groups in total. The predicted octanol–water partition coefficient (Wildman–Crippen LogP) is 8.61. The topological polar surface area (TPSA) is 99.4 Å². The Morgan fingerprint density at radius 1 is 0.531 bits per heavy atom. The van der Waals surface area contributed by atoms with Crippen LogP contribution in [0.25, 0.3) is 45.3 Å². The zero-order chi connectivity index (χ0) is 33.8. The summed E-state index contributed by atoms with van der Waals surface area (Å²) in [7, 11) is -0.665. The molecule has 8 nitrogen and oxygen atoms in total. The third kappa shape index (κ3) is 5.61. The molecule has 49 heavy (non-hydrogen) atoms. The van der Waals surface area contributed by atoms with Crippen LogP contribution in [-0.4, -0.2) is 33.3 Å². The Morgan fingerprint density at radius 2 is 1.04 bits per heavy atom. The minimum atomic E-state index is -0.665. The molecule has 1 saturated heterocycles. The highest BCUT2D eigenvalue weighted by Gasteiger charge is 2.52. The van der Waals surface area contributed by atoms with Crippen LogP contribution in [0.4, 0.5) is 0 Å². The molecule has 2 aliphatic rings. The SMILES string of the molecule is CC1(C)OB(c2cc(-c3nc(-c4ccccc4)nc(-c4ccc(C#N)cc4)n3)ccc2-c2ccc3c(c2)Oc2ccccc2O3)OC1(C)C. The van der Waals surface area contributed by atoms with E-state index in [1.54, 1.807) is 12.1 Å². The number of ether oxygens (including phenoxy) is 2. The normalized spacial score (nSPS) is 15.4. The summed E-state index contributed by atoms with van der Waals surface area (Å²) in [6.07, 6.45) is 0. The number of hydrogen-bond acceptors (Lipinski definition) is 8. The smallest absolute Gasteiger partial charge is 0.450 e. The fraction of sp³-hybridized carbons (Fsp3) is 0.150. The number of nitrogens with zero attached hydrogens (tertiary/aromatic N) is 4. The molecule has 1 aromatic heterocycles. The molecule has 0 spiro atoms. The number of rotatable bonds is 5. The first-order valence-corrected chi connectivity index (χ1v) is 16.1. The Morgan fingerprint density at radius 3 is 1.67 bits per heavy atom. The van der Waals surface area contributed by atoms with Gasteiger partial charge in [0, 0.05) is 16.7 Å². The van der Waals surface area contributed by atoms with Gasteiger partial charge in [-0.3, -0.25) is 0 Å². The Hall–Kier alpha value is -5.82. The largest absolute Gasteiger partial charge is 0.495 e. The molecule has 2 aliphatic heterocycles. The molecule has 0 bridgehead atoms. The van der Waals surface area contributed by atoms with Gasteiger partial charge in [-0.2, -0.15) is 5.26 Å². The second kappa shape index (κ2) is 11.7. The minimum absolute atomic E-state index is 0.497. The summed E-state index contributed by atoms with van der Waals surface area (Å²) in [6.45, 7) is 8.17. The van der Waals surface area contributed by atoms with Crippen LogP contribution >= 0.6 is 0 Å². The van der Waals surface area contributed by atoms with Crippen molar-refractivity contribution in [1.82, 2.24) is 15.0 Å². The Kier molecular flexibility index (Phi) is 7.29. The molecule has 0 aliphatic carbocycles. The fourth-order valence-corrected chi connectivity index (χ4v) is 5.87. The second-order valence-corrected chi connectivity index (χ2v) is 13.1. The molecule has 8 rings (SSSR count). The van der Waals surface area contributed by atoms with Crippen molar-refractivity contribution in [2.75, 3.05) is 0 Å². The molecule has 5 aromatic carbocycles. The first-order valence-electron chi connectivity index (χ1n) is 16.1. The average molecular weight is 643 g/mol. The van der Waals surface area contributed by atoms with Crippen LogP contribution in [0.3, 0.4) is 0 Å². The summed E-state index contributed by atoms with van der Waals surface area (Å²) in [6, 6.07) is 38.8. The van der Waals surface area contributed by atoms with E-state index in [0.29, 0.717) is 46.0 Å². The van der Waals surface area contributed by atoms with Gasteiger partial charge in [0.2, 0.25) is 0 Å². The van der Waals surface area contributed by atoms with Crippen LogP contribution < -0.4 is 14.9 Å². The van der Waals surface area contributed by atoms with Crippen molar-refractivity contribution in [2.24, 2.45) is 0 Å². The van der Waals surface area contributed by atoms with E-state index >= 15 is 0 Å². The minimum Gasteiger partial charge on any atom is -0.450 e. The molecule has 0 atom stereocenters. The van der Waals surface area contributed by atoms with Crippen molar-refractivity contribution in [1.29, 1.82) is 5.26 Å². The summed E-state index contributed by atoms with van der Waals surface area (Å²) in [5.74, 6) is 4.15. The van der Waals surface area contributed by atoms with Crippen molar-refractivity contribution in [3.8, 4) is 74.4 Å².